The van der Waals surface area contributed by atoms with E-state index in [-0.39, 0.29) is 0 Å². The second kappa shape index (κ2) is 4.46. The van der Waals surface area contributed by atoms with Gasteiger partial charge in [0.15, 0.2) is 0 Å². The van der Waals surface area contributed by atoms with Gasteiger partial charge in [0.05, 0.1) is 13.0 Å². The largest absolute Gasteiger partial charge is 0.497 e. The average molecular weight is 259 g/mol. The number of carboxylic acids is 1. The predicted octanol–water partition coefficient (Wildman–Crippen LogP) is 2.65. The van der Waals surface area contributed by atoms with E-state index < -0.39 is 11.9 Å². The maximum absolute atomic E-state index is 10.8. The van der Waals surface area contributed by atoms with Crippen LogP contribution in [0.5, 0.6) is 5.75 Å². The second-order valence-electron chi connectivity index (χ2n) is 2.95. The highest BCUT2D eigenvalue weighted by Crippen LogP contribution is 2.28. The minimum atomic E-state index is -0.848. The smallest absolute Gasteiger partial charge is 0.310 e. The SMILES string of the molecule is COc1ccc(Br)c(C(C)C(=O)O)c1. The summed E-state index contributed by atoms with van der Waals surface area (Å²) in [6.45, 7) is 1.64. The lowest BCUT2D eigenvalue weighted by atomic mass is 10.0. The molecule has 0 aliphatic carbocycles. The molecule has 0 saturated carbocycles. The van der Waals surface area contributed by atoms with Crippen LogP contribution >= 0.6 is 15.9 Å². The minimum absolute atomic E-state index is 0.542. The zero-order chi connectivity index (χ0) is 10.7. The molecule has 0 aliphatic heterocycles. The molecule has 3 nitrogen and oxygen atoms in total. The van der Waals surface area contributed by atoms with Crippen molar-refractivity contribution in [2.24, 2.45) is 0 Å². The van der Waals surface area contributed by atoms with Crippen molar-refractivity contribution in [3.63, 3.8) is 0 Å². The summed E-state index contributed by atoms with van der Waals surface area (Å²) in [5, 5.41) is 8.86. The summed E-state index contributed by atoms with van der Waals surface area (Å²) in [6, 6.07) is 5.29. The number of carboxylic acid groups (broad SMARTS) is 1. The Morgan fingerprint density at radius 3 is 2.71 bits per heavy atom. The predicted molar refractivity (Wildman–Crippen MR) is 56.7 cm³/mol. The zero-order valence-electron chi connectivity index (χ0n) is 7.95. The third-order valence-electron chi connectivity index (χ3n) is 2.04. The highest BCUT2D eigenvalue weighted by Gasteiger charge is 2.17. The first kappa shape index (κ1) is 11.0. The summed E-state index contributed by atoms with van der Waals surface area (Å²) in [7, 11) is 1.55. The van der Waals surface area contributed by atoms with Gasteiger partial charge in [-0.2, -0.15) is 0 Å². The molecule has 14 heavy (non-hydrogen) atoms. The molecule has 0 heterocycles. The number of benzene rings is 1. The molecule has 0 bridgehead atoms. The van der Waals surface area contributed by atoms with Crippen LogP contribution in [-0.4, -0.2) is 18.2 Å². The maximum atomic E-state index is 10.8. The van der Waals surface area contributed by atoms with E-state index in [1.54, 1.807) is 32.2 Å². The van der Waals surface area contributed by atoms with Crippen molar-refractivity contribution in [2.75, 3.05) is 7.11 Å². The quantitative estimate of drug-likeness (QED) is 0.907. The Morgan fingerprint density at radius 1 is 1.57 bits per heavy atom. The normalized spacial score (nSPS) is 12.2. The molecule has 1 N–H and O–H groups in total. The molecule has 76 valence electrons. The maximum Gasteiger partial charge on any atom is 0.310 e. The van der Waals surface area contributed by atoms with Gasteiger partial charge < -0.3 is 9.84 Å². The van der Waals surface area contributed by atoms with E-state index in [1.807, 2.05) is 0 Å². The topological polar surface area (TPSA) is 46.5 Å². The Labute approximate surface area is 90.8 Å². The number of carbonyl (C=O) groups is 1. The molecule has 0 aliphatic rings. The molecule has 1 aromatic rings. The number of aliphatic carboxylic acids is 1. The van der Waals surface area contributed by atoms with E-state index in [9.17, 15) is 4.79 Å². The van der Waals surface area contributed by atoms with Crippen LogP contribution in [-0.2, 0) is 4.79 Å². The average Bonchev–Trinajstić information content (AvgIpc) is 2.17. The zero-order valence-corrected chi connectivity index (χ0v) is 9.54. The molecular formula is C10H11BrO3. The fraction of sp³-hybridized carbons (Fsp3) is 0.300. The molecule has 1 unspecified atom stereocenters. The van der Waals surface area contributed by atoms with Gasteiger partial charge in [-0.05, 0) is 30.7 Å². The molecular weight excluding hydrogens is 248 g/mol. The molecule has 0 radical (unpaired) electrons. The third kappa shape index (κ3) is 2.26. The Balaban J connectivity index is 3.11. The lowest BCUT2D eigenvalue weighted by Crippen LogP contribution is -2.08. The summed E-state index contributed by atoms with van der Waals surface area (Å²) in [5.74, 6) is -0.727. The van der Waals surface area contributed by atoms with Gasteiger partial charge in [0.25, 0.3) is 0 Å². The molecule has 1 atom stereocenters. The van der Waals surface area contributed by atoms with Crippen LogP contribution < -0.4 is 4.74 Å². The van der Waals surface area contributed by atoms with Crippen molar-refractivity contribution in [3.8, 4) is 5.75 Å². The monoisotopic (exact) mass is 258 g/mol. The van der Waals surface area contributed by atoms with Crippen LogP contribution in [0.1, 0.15) is 18.4 Å². The van der Waals surface area contributed by atoms with E-state index in [1.165, 1.54) is 0 Å². The molecule has 0 aromatic heterocycles. The van der Waals surface area contributed by atoms with Crippen molar-refractivity contribution >= 4 is 21.9 Å². The molecule has 0 amide bonds. The van der Waals surface area contributed by atoms with Gasteiger partial charge in [0, 0.05) is 4.47 Å². The van der Waals surface area contributed by atoms with Crippen LogP contribution in [0.15, 0.2) is 22.7 Å². The first-order valence-corrected chi connectivity index (χ1v) is 4.91. The first-order chi connectivity index (χ1) is 6.56. The van der Waals surface area contributed by atoms with Gasteiger partial charge in [0.2, 0.25) is 0 Å². The fourth-order valence-electron chi connectivity index (χ4n) is 1.11. The molecule has 1 rings (SSSR count). The number of rotatable bonds is 3. The highest BCUT2D eigenvalue weighted by atomic mass is 79.9. The van der Waals surface area contributed by atoms with E-state index in [0.717, 1.165) is 10.0 Å². The van der Waals surface area contributed by atoms with Crippen molar-refractivity contribution in [1.82, 2.24) is 0 Å². The van der Waals surface area contributed by atoms with E-state index in [2.05, 4.69) is 15.9 Å². The van der Waals surface area contributed by atoms with Crippen LogP contribution in [0.25, 0.3) is 0 Å². The van der Waals surface area contributed by atoms with Gasteiger partial charge in [-0.15, -0.1) is 0 Å². The summed E-state index contributed by atoms with van der Waals surface area (Å²) in [4.78, 5) is 10.8. The molecule has 4 heteroatoms. The van der Waals surface area contributed by atoms with Gasteiger partial charge in [-0.1, -0.05) is 15.9 Å². The van der Waals surface area contributed by atoms with Gasteiger partial charge >= 0.3 is 5.97 Å². The minimum Gasteiger partial charge on any atom is -0.497 e. The number of hydrogen-bond donors (Lipinski definition) is 1. The Morgan fingerprint density at radius 2 is 2.21 bits per heavy atom. The van der Waals surface area contributed by atoms with Gasteiger partial charge in [0.1, 0.15) is 5.75 Å². The fourth-order valence-corrected chi connectivity index (χ4v) is 1.70. The number of hydrogen-bond acceptors (Lipinski definition) is 2. The van der Waals surface area contributed by atoms with E-state index in [4.69, 9.17) is 9.84 Å². The summed E-state index contributed by atoms with van der Waals surface area (Å²) < 4.78 is 5.81. The standard InChI is InChI=1S/C10H11BrO3/c1-6(10(12)13)8-5-7(14-2)3-4-9(8)11/h3-6H,1-2H3,(H,12,13). The van der Waals surface area contributed by atoms with Crippen molar-refractivity contribution in [2.45, 2.75) is 12.8 Å². The Kier molecular flexibility index (Phi) is 3.52. The third-order valence-corrected chi connectivity index (χ3v) is 2.76. The van der Waals surface area contributed by atoms with Crippen LogP contribution in [0.2, 0.25) is 0 Å². The lowest BCUT2D eigenvalue weighted by molar-refractivity contribution is -0.138. The van der Waals surface area contributed by atoms with Crippen molar-refractivity contribution in [3.05, 3.63) is 28.2 Å². The Hall–Kier alpha value is -1.03. The molecule has 0 spiro atoms. The Bertz CT molecular complexity index is 349. The van der Waals surface area contributed by atoms with Crippen LogP contribution in [0, 0.1) is 0 Å². The van der Waals surface area contributed by atoms with Crippen LogP contribution in [0.4, 0.5) is 0 Å². The van der Waals surface area contributed by atoms with E-state index >= 15 is 0 Å². The van der Waals surface area contributed by atoms with Crippen LogP contribution in [0.3, 0.4) is 0 Å². The summed E-state index contributed by atoms with van der Waals surface area (Å²) in [6.07, 6.45) is 0. The summed E-state index contributed by atoms with van der Waals surface area (Å²) >= 11 is 3.31. The number of halogens is 1. The lowest BCUT2D eigenvalue weighted by Gasteiger charge is -2.10. The molecule has 1 aromatic carbocycles. The highest BCUT2D eigenvalue weighted by molar-refractivity contribution is 9.10. The number of methoxy groups -OCH3 is 1. The second-order valence-corrected chi connectivity index (χ2v) is 3.80. The first-order valence-electron chi connectivity index (χ1n) is 4.12. The molecule has 0 fully saturated rings. The van der Waals surface area contributed by atoms with E-state index in [0.29, 0.717) is 5.75 Å². The number of ether oxygens (including phenoxy) is 1. The van der Waals surface area contributed by atoms with Crippen molar-refractivity contribution in [1.29, 1.82) is 0 Å². The van der Waals surface area contributed by atoms with Crippen molar-refractivity contribution < 1.29 is 14.6 Å². The van der Waals surface area contributed by atoms with Gasteiger partial charge in [-0.25, -0.2) is 0 Å². The van der Waals surface area contributed by atoms with Gasteiger partial charge in [-0.3, -0.25) is 4.79 Å². The molecule has 0 saturated heterocycles. The summed E-state index contributed by atoms with van der Waals surface area (Å²) in [5.41, 5.74) is 0.719.